The third-order valence-electron chi connectivity index (χ3n) is 14.9. The fourth-order valence-electron chi connectivity index (χ4n) is 11.0. The fraction of sp³-hybridized carbons (Fsp3) is 0.500. The highest BCUT2D eigenvalue weighted by atomic mass is 31.2. The van der Waals surface area contributed by atoms with Gasteiger partial charge in [-0.1, -0.05) is 214 Å². The van der Waals surface area contributed by atoms with E-state index < -0.39 is 7.82 Å². The lowest BCUT2D eigenvalue weighted by molar-refractivity contribution is 0.295. The molecule has 1 aliphatic rings. The van der Waals surface area contributed by atoms with E-state index in [1.54, 1.807) is 0 Å². The Bertz CT molecular complexity index is 2750. The monoisotopic (exact) mass is 949 g/mol. The molecule has 0 bridgehead atoms. The van der Waals surface area contributed by atoms with E-state index in [1.807, 2.05) is 0 Å². The van der Waals surface area contributed by atoms with Crippen molar-refractivity contribution in [2.24, 2.45) is 0 Å². The zero-order valence-electron chi connectivity index (χ0n) is 44.8. The number of phosphoric acid groups is 1. The third-order valence-corrected chi connectivity index (χ3v) is 15.7. The van der Waals surface area contributed by atoms with E-state index >= 15 is 4.57 Å². The summed E-state index contributed by atoms with van der Waals surface area (Å²) >= 11 is 0. The van der Waals surface area contributed by atoms with Crippen LogP contribution in [0.3, 0.4) is 0 Å². The molecule has 0 saturated carbocycles. The molecule has 6 aromatic carbocycles. The van der Waals surface area contributed by atoms with Gasteiger partial charge in [-0.15, -0.1) is 0 Å². The largest absolute Gasteiger partial charge is 0.584 e. The lowest BCUT2D eigenvalue weighted by atomic mass is 9.78. The van der Waals surface area contributed by atoms with Crippen LogP contribution in [0.2, 0.25) is 0 Å². The first-order valence-electron chi connectivity index (χ1n) is 27.2. The predicted molar refractivity (Wildman–Crippen MR) is 298 cm³/mol. The highest BCUT2D eigenvalue weighted by Gasteiger charge is 2.39. The van der Waals surface area contributed by atoms with Crippen molar-refractivity contribution < 1.29 is 18.5 Å². The van der Waals surface area contributed by atoms with Crippen LogP contribution in [0.5, 0.6) is 11.5 Å². The number of benzene rings is 6. The van der Waals surface area contributed by atoms with Gasteiger partial charge in [0.25, 0.3) is 0 Å². The van der Waals surface area contributed by atoms with E-state index in [0.717, 1.165) is 80.6 Å². The minimum absolute atomic E-state index is 0.180. The number of fused-ring (bicyclic) bond motifs is 7. The summed E-state index contributed by atoms with van der Waals surface area (Å²) in [5.41, 5.74) is 15.5. The number of hydrogen-bond donors (Lipinski definition) is 1. The van der Waals surface area contributed by atoms with E-state index in [9.17, 15) is 4.89 Å². The van der Waals surface area contributed by atoms with Gasteiger partial charge in [-0.2, -0.15) is 0 Å². The Hall–Kier alpha value is -4.37. The van der Waals surface area contributed by atoms with Crippen molar-refractivity contribution in [3.8, 4) is 44.9 Å². The first-order chi connectivity index (χ1) is 32.9. The molecule has 69 heavy (non-hydrogen) atoms. The molecule has 1 unspecified atom stereocenters. The predicted octanol–water partition coefficient (Wildman–Crippen LogP) is 20.6. The smallest absolute Gasteiger partial charge is 0.394 e. The Labute approximate surface area is 417 Å². The quantitative estimate of drug-likeness (QED) is 0.0577. The normalized spacial score (nSPS) is 14.9. The average Bonchev–Trinajstić information content (AvgIpc) is 3.43. The molecule has 6 aromatic rings. The van der Waals surface area contributed by atoms with Gasteiger partial charge in [-0.25, -0.2) is 4.57 Å². The van der Waals surface area contributed by atoms with Crippen LogP contribution < -0.4 is 9.05 Å². The van der Waals surface area contributed by atoms with Gasteiger partial charge in [0.2, 0.25) is 0 Å². The van der Waals surface area contributed by atoms with Crippen molar-refractivity contribution in [2.45, 2.75) is 209 Å². The van der Waals surface area contributed by atoms with Gasteiger partial charge in [-0.05, 0) is 146 Å². The second kappa shape index (κ2) is 22.8. The summed E-state index contributed by atoms with van der Waals surface area (Å²) in [5.74, 6) is 1.91. The molecule has 0 amide bonds. The summed E-state index contributed by atoms with van der Waals surface area (Å²) in [4.78, 5) is 12.4. The fourth-order valence-corrected chi connectivity index (χ4v) is 11.9. The molecule has 1 atom stereocenters. The van der Waals surface area contributed by atoms with E-state index in [2.05, 4.69) is 163 Å². The highest BCUT2D eigenvalue weighted by molar-refractivity contribution is 7.48. The van der Waals surface area contributed by atoms with E-state index in [0.29, 0.717) is 17.4 Å². The Morgan fingerprint density at radius 2 is 0.812 bits per heavy atom. The van der Waals surface area contributed by atoms with Gasteiger partial charge < -0.3 is 9.05 Å². The third kappa shape index (κ3) is 11.7. The van der Waals surface area contributed by atoms with Crippen molar-refractivity contribution >= 4 is 29.4 Å². The Morgan fingerprint density at radius 1 is 0.449 bits per heavy atom. The lowest BCUT2D eigenvalue weighted by Crippen LogP contribution is -2.06. The van der Waals surface area contributed by atoms with Gasteiger partial charge in [0.15, 0.2) is 0 Å². The maximum Gasteiger partial charge on any atom is 0.584 e. The molecule has 0 spiro atoms. The summed E-state index contributed by atoms with van der Waals surface area (Å²) in [5, 5.41) is 4.20. The maximum atomic E-state index is 15.1. The molecular weight excluding hydrogens is 864 g/mol. The van der Waals surface area contributed by atoms with Crippen LogP contribution in [-0.2, 0) is 17.4 Å². The number of unbranched alkanes of at least 4 members (excludes halogenated alkanes) is 10. The van der Waals surface area contributed by atoms with Crippen LogP contribution in [0.25, 0.3) is 54.9 Å². The molecule has 1 aliphatic heterocycles. The number of aryl methyl sites for hydroxylation is 3. The molecular formula is C64H85O4P. The molecule has 1 N–H and O–H groups in total. The molecule has 1 heterocycles. The number of hydrogen-bond acceptors (Lipinski definition) is 3. The molecule has 0 saturated heterocycles. The van der Waals surface area contributed by atoms with E-state index in [1.165, 1.54) is 109 Å². The first-order valence-corrected chi connectivity index (χ1v) is 28.7. The van der Waals surface area contributed by atoms with Crippen molar-refractivity contribution in [3.05, 3.63) is 117 Å². The average molecular weight is 949 g/mol. The van der Waals surface area contributed by atoms with E-state index in [4.69, 9.17) is 9.05 Å². The molecule has 0 radical (unpaired) electrons. The second-order valence-electron chi connectivity index (χ2n) is 22.2. The molecule has 0 fully saturated rings. The van der Waals surface area contributed by atoms with E-state index in [-0.39, 0.29) is 23.7 Å². The van der Waals surface area contributed by atoms with Crippen LogP contribution in [0.1, 0.15) is 234 Å². The van der Waals surface area contributed by atoms with Gasteiger partial charge in [0.05, 0.1) is 0 Å². The Balaban J connectivity index is 1.63. The van der Waals surface area contributed by atoms with Crippen molar-refractivity contribution in [1.82, 2.24) is 0 Å². The van der Waals surface area contributed by atoms with Gasteiger partial charge in [0.1, 0.15) is 11.5 Å². The van der Waals surface area contributed by atoms with Crippen molar-refractivity contribution in [2.75, 3.05) is 0 Å². The summed E-state index contributed by atoms with van der Waals surface area (Å²) in [6.45, 7) is 29.3. The summed E-state index contributed by atoms with van der Waals surface area (Å²) in [6, 6.07) is 27.7. The molecule has 0 aliphatic carbocycles. The molecule has 370 valence electrons. The Kier molecular flexibility index (Phi) is 17.3. The molecule has 7 rings (SSSR count). The second-order valence-corrected chi connectivity index (χ2v) is 23.5. The van der Waals surface area contributed by atoms with Crippen LogP contribution in [0.15, 0.2) is 72.8 Å². The molecule has 0 aromatic heterocycles. The van der Waals surface area contributed by atoms with Crippen LogP contribution in [0, 0.1) is 6.92 Å². The lowest BCUT2D eigenvalue weighted by Gasteiger charge is -2.26. The summed E-state index contributed by atoms with van der Waals surface area (Å²) in [7, 11) is -4.81. The summed E-state index contributed by atoms with van der Waals surface area (Å²) in [6.07, 6.45) is 17.0. The summed E-state index contributed by atoms with van der Waals surface area (Å²) < 4.78 is 28.6. The maximum absolute atomic E-state index is 15.1. The standard InChI is InChI=1S/C64H85O4P/c1-14-16-18-20-22-24-26-46-28-30-51-49(34-46)38-57(59-53(41(5)6)32-45(13)33-54(59)42(7)8)63-61(51)62-52-31-29-47(27-25-23-21-19-17-15-2)35-50(52)39-58(64(62)68-69(65,66)67-63)60-55(43(9)10)36-48(40(3)4)37-56(60)44(11)12/h28-44H,14-27H2,1-13H3,(H,65,66). The van der Waals surface area contributed by atoms with Crippen molar-refractivity contribution in [1.29, 1.82) is 0 Å². The van der Waals surface area contributed by atoms with Crippen LogP contribution in [-0.4, -0.2) is 4.89 Å². The number of rotatable bonds is 21. The zero-order valence-corrected chi connectivity index (χ0v) is 45.7. The molecule has 5 heteroatoms. The first kappa shape index (κ1) is 52.5. The minimum Gasteiger partial charge on any atom is -0.394 e. The highest BCUT2D eigenvalue weighted by Crippen LogP contribution is 2.63. The Morgan fingerprint density at radius 3 is 1.17 bits per heavy atom. The van der Waals surface area contributed by atoms with Crippen LogP contribution >= 0.6 is 7.82 Å². The van der Waals surface area contributed by atoms with Crippen LogP contribution in [0.4, 0.5) is 0 Å². The SMILES string of the molecule is CCCCCCCCc1ccc2c3c(c(-c4c(C(C)C)cc(C)cc4C(C)C)cc2c1)OP(=O)(O)Oc1c(-c2c(C(C)C)cc(C(C)C)cc2C(C)C)cc2cc(CCCCCCCC)ccc2c1-3. The van der Waals surface area contributed by atoms with Gasteiger partial charge in [0, 0.05) is 22.3 Å². The van der Waals surface area contributed by atoms with Gasteiger partial charge in [-0.3, -0.25) is 4.89 Å². The topological polar surface area (TPSA) is 55.8 Å². The number of phosphoric ester groups is 1. The van der Waals surface area contributed by atoms with Gasteiger partial charge >= 0.3 is 7.82 Å². The zero-order chi connectivity index (χ0) is 49.7. The molecule has 4 nitrogen and oxygen atoms in total. The minimum atomic E-state index is -4.81. The van der Waals surface area contributed by atoms with Crippen molar-refractivity contribution in [3.63, 3.8) is 0 Å².